The summed E-state index contributed by atoms with van der Waals surface area (Å²) >= 11 is 0. The fraction of sp³-hybridized carbons (Fsp3) is 0.312. The minimum Gasteiger partial charge on any atom is -0.334 e. The summed E-state index contributed by atoms with van der Waals surface area (Å²) in [5.74, 6) is 0.363. The van der Waals surface area contributed by atoms with Crippen LogP contribution < -0.4 is 10.9 Å². The Balaban J connectivity index is 0.00000182. The molecular weight excluding hydrogens is 349 g/mol. The number of nitrogens with one attached hydrogen (secondary N) is 2. The van der Waals surface area contributed by atoms with Crippen LogP contribution in [0.5, 0.6) is 0 Å². The Kier molecular flexibility index (Phi) is 4.85. The molecule has 0 bridgehead atoms. The van der Waals surface area contributed by atoms with Gasteiger partial charge in [0.1, 0.15) is 5.82 Å². The molecular formula is C16H17ClFN5O2. The van der Waals surface area contributed by atoms with E-state index in [9.17, 15) is 9.18 Å². The van der Waals surface area contributed by atoms with Crippen LogP contribution in [0.1, 0.15) is 11.9 Å². The minimum absolute atomic E-state index is 0. The van der Waals surface area contributed by atoms with E-state index < -0.39 is 5.82 Å². The maximum Gasteiger partial charge on any atom is 0.258 e. The lowest BCUT2D eigenvalue weighted by Crippen LogP contribution is -2.44. The topological polar surface area (TPSA) is 87.0 Å². The van der Waals surface area contributed by atoms with Gasteiger partial charge in [0.15, 0.2) is 5.82 Å². The van der Waals surface area contributed by atoms with E-state index in [0.29, 0.717) is 22.3 Å². The Bertz CT molecular complexity index is 957. The number of benzene rings is 1. The second kappa shape index (κ2) is 6.91. The number of hydrogen-bond acceptors (Lipinski definition) is 6. The van der Waals surface area contributed by atoms with Crippen LogP contribution in [0, 0.1) is 5.82 Å². The molecule has 9 heteroatoms. The molecule has 2 aromatic heterocycles. The van der Waals surface area contributed by atoms with Crippen molar-refractivity contribution in [1.82, 2.24) is 25.3 Å². The maximum atomic E-state index is 13.6. The Labute approximate surface area is 148 Å². The number of nitrogens with zero attached hydrogens (tertiary/aromatic N) is 3. The molecule has 1 unspecified atom stereocenters. The van der Waals surface area contributed by atoms with Crippen LogP contribution in [0.3, 0.4) is 0 Å². The number of piperazine rings is 1. The second-order valence-electron chi connectivity index (χ2n) is 5.90. The standard InChI is InChI=1S/C16H16FN5O2.ClH/c1-22-5-4-18-8-13(22)15-20-16(24-21-15)11-7-14(23)19-12-3-2-9(17)6-10(11)12;/h2-3,6-7,13,18H,4-5,8H2,1H3,(H,19,23);1H. The smallest absolute Gasteiger partial charge is 0.258 e. The first-order chi connectivity index (χ1) is 11.6. The Hall–Kier alpha value is -2.29. The second-order valence-corrected chi connectivity index (χ2v) is 5.90. The third-order valence-corrected chi connectivity index (χ3v) is 4.29. The number of rotatable bonds is 2. The van der Waals surface area contributed by atoms with Crippen LogP contribution in [-0.4, -0.2) is 46.7 Å². The molecule has 1 atom stereocenters. The molecule has 0 aliphatic carbocycles. The zero-order valence-electron chi connectivity index (χ0n) is 13.5. The van der Waals surface area contributed by atoms with E-state index in [4.69, 9.17) is 4.52 Å². The molecule has 1 fully saturated rings. The number of aromatic amines is 1. The van der Waals surface area contributed by atoms with Gasteiger partial charge in [-0.25, -0.2) is 4.39 Å². The number of likely N-dealkylation sites (N-methyl/N-ethyl adjacent to an activating group) is 1. The molecule has 132 valence electrons. The van der Waals surface area contributed by atoms with Crippen molar-refractivity contribution < 1.29 is 8.91 Å². The molecule has 3 heterocycles. The van der Waals surface area contributed by atoms with E-state index in [0.717, 1.165) is 19.6 Å². The first-order valence-electron chi connectivity index (χ1n) is 7.69. The first kappa shape index (κ1) is 17.5. The van der Waals surface area contributed by atoms with E-state index in [1.807, 2.05) is 7.05 Å². The number of halogens is 2. The molecule has 1 saturated heterocycles. The van der Waals surface area contributed by atoms with Gasteiger partial charge in [0.2, 0.25) is 5.56 Å². The quantitative estimate of drug-likeness (QED) is 0.719. The zero-order valence-corrected chi connectivity index (χ0v) is 14.3. The van der Waals surface area contributed by atoms with Gasteiger partial charge in [-0.2, -0.15) is 4.98 Å². The van der Waals surface area contributed by atoms with Crippen LogP contribution in [0.2, 0.25) is 0 Å². The van der Waals surface area contributed by atoms with E-state index in [2.05, 4.69) is 25.3 Å². The van der Waals surface area contributed by atoms with Crippen LogP contribution >= 0.6 is 12.4 Å². The number of hydrogen-bond donors (Lipinski definition) is 2. The Morgan fingerprint density at radius 2 is 2.20 bits per heavy atom. The average molecular weight is 366 g/mol. The number of pyridine rings is 1. The lowest BCUT2D eigenvalue weighted by molar-refractivity contribution is 0.190. The van der Waals surface area contributed by atoms with E-state index in [1.54, 1.807) is 0 Å². The van der Waals surface area contributed by atoms with Crippen LogP contribution in [0.15, 0.2) is 33.6 Å². The number of aromatic nitrogens is 3. The third-order valence-electron chi connectivity index (χ3n) is 4.29. The molecule has 3 aromatic rings. The molecule has 0 radical (unpaired) electrons. The van der Waals surface area contributed by atoms with Gasteiger partial charge in [-0.3, -0.25) is 9.69 Å². The molecule has 1 aliphatic rings. The molecule has 25 heavy (non-hydrogen) atoms. The highest BCUT2D eigenvalue weighted by molar-refractivity contribution is 5.92. The van der Waals surface area contributed by atoms with Crippen molar-refractivity contribution in [2.45, 2.75) is 6.04 Å². The van der Waals surface area contributed by atoms with Gasteiger partial charge in [-0.1, -0.05) is 5.16 Å². The molecule has 1 aromatic carbocycles. The van der Waals surface area contributed by atoms with Crippen molar-refractivity contribution in [2.24, 2.45) is 0 Å². The summed E-state index contributed by atoms with van der Waals surface area (Å²) in [6.07, 6.45) is 0. The fourth-order valence-corrected chi connectivity index (χ4v) is 2.98. The van der Waals surface area contributed by atoms with Crippen molar-refractivity contribution in [3.05, 3.63) is 46.3 Å². The maximum absolute atomic E-state index is 13.6. The highest BCUT2D eigenvalue weighted by atomic mass is 35.5. The lowest BCUT2D eigenvalue weighted by atomic mass is 10.1. The van der Waals surface area contributed by atoms with Crippen molar-refractivity contribution in [1.29, 1.82) is 0 Å². The minimum atomic E-state index is -0.397. The fourth-order valence-electron chi connectivity index (χ4n) is 2.98. The van der Waals surface area contributed by atoms with Gasteiger partial charge in [0.05, 0.1) is 11.6 Å². The molecule has 1 aliphatic heterocycles. The van der Waals surface area contributed by atoms with Crippen LogP contribution in [0.25, 0.3) is 22.4 Å². The summed E-state index contributed by atoms with van der Waals surface area (Å²) in [6, 6.07) is 5.51. The molecule has 4 rings (SSSR count). The van der Waals surface area contributed by atoms with E-state index in [1.165, 1.54) is 24.3 Å². The normalized spacial score (nSPS) is 18.2. The molecule has 2 N–H and O–H groups in total. The first-order valence-corrected chi connectivity index (χ1v) is 7.69. The van der Waals surface area contributed by atoms with Crippen LogP contribution in [-0.2, 0) is 0 Å². The summed E-state index contributed by atoms with van der Waals surface area (Å²) < 4.78 is 19.0. The summed E-state index contributed by atoms with van der Waals surface area (Å²) in [5.41, 5.74) is 0.647. The van der Waals surface area contributed by atoms with Crippen molar-refractivity contribution in [3.63, 3.8) is 0 Å². The number of H-pyrrole nitrogens is 1. The SMILES string of the molecule is CN1CCNCC1c1noc(-c2cc(=O)[nH]c3ccc(F)cc23)n1.Cl. The summed E-state index contributed by atoms with van der Waals surface area (Å²) in [7, 11) is 2.00. The van der Waals surface area contributed by atoms with E-state index >= 15 is 0 Å². The van der Waals surface area contributed by atoms with Gasteiger partial charge in [0, 0.05) is 36.6 Å². The average Bonchev–Trinajstić information content (AvgIpc) is 3.04. The highest BCUT2D eigenvalue weighted by Gasteiger charge is 2.26. The molecule has 7 nitrogen and oxygen atoms in total. The van der Waals surface area contributed by atoms with Crippen molar-refractivity contribution in [2.75, 3.05) is 26.7 Å². The molecule has 0 saturated carbocycles. The van der Waals surface area contributed by atoms with Crippen molar-refractivity contribution in [3.8, 4) is 11.5 Å². The molecule has 0 spiro atoms. The van der Waals surface area contributed by atoms with Gasteiger partial charge in [-0.05, 0) is 25.2 Å². The van der Waals surface area contributed by atoms with Gasteiger partial charge in [0.25, 0.3) is 5.89 Å². The summed E-state index contributed by atoms with van der Waals surface area (Å²) in [6.45, 7) is 2.52. The van der Waals surface area contributed by atoms with Gasteiger partial charge >= 0.3 is 0 Å². The Morgan fingerprint density at radius 3 is 3.00 bits per heavy atom. The number of fused-ring (bicyclic) bond motifs is 1. The van der Waals surface area contributed by atoms with E-state index in [-0.39, 0.29) is 29.9 Å². The molecule has 0 amide bonds. The Morgan fingerprint density at radius 1 is 1.36 bits per heavy atom. The van der Waals surface area contributed by atoms with Crippen molar-refractivity contribution >= 4 is 23.3 Å². The summed E-state index contributed by atoms with van der Waals surface area (Å²) in [4.78, 5) is 21.1. The van der Waals surface area contributed by atoms with Gasteiger partial charge in [-0.15, -0.1) is 12.4 Å². The van der Waals surface area contributed by atoms with Gasteiger partial charge < -0.3 is 14.8 Å². The predicted octanol–water partition coefficient (Wildman–Crippen LogP) is 1.72. The lowest BCUT2D eigenvalue weighted by Gasteiger charge is -2.30. The van der Waals surface area contributed by atoms with Crippen LogP contribution in [0.4, 0.5) is 4.39 Å². The highest BCUT2D eigenvalue weighted by Crippen LogP contribution is 2.27. The monoisotopic (exact) mass is 365 g/mol. The summed E-state index contributed by atoms with van der Waals surface area (Å²) in [5, 5.41) is 7.87. The largest absolute Gasteiger partial charge is 0.334 e. The third kappa shape index (κ3) is 3.28. The predicted molar refractivity (Wildman–Crippen MR) is 93.3 cm³/mol. The zero-order chi connectivity index (χ0) is 16.7.